The SMILES string of the molecule is O=C(c1cccc2nnnn12)N1C[C@@H]2C[C@H](C1)c1ccc(CN3CCCC3)c(=O)n1C2.O=CO. The van der Waals surface area contributed by atoms with Crippen molar-refractivity contribution in [1.82, 2.24) is 34.4 Å². The number of hydrogen-bond donors (Lipinski definition) is 1. The summed E-state index contributed by atoms with van der Waals surface area (Å²) in [5.41, 5.74) is 3.14. The van der Waals surface area contributed by atoms with Crippen LogP contribution in [0.4, 0.5) is 0 Å². The number of likely N-dealkylation sites (tertiary alicyclic amines) is 2. The van der Waals surface area contributed by atoms with E-state index in [9.17, 15) is 9.59 Å². The van der Waals surface area contributed by atoms with E-state index in [1.54, 1.807) is 18.2 Å². The van der Waals surface area contributed by atoms with Crippen LogP contribution in [0.3, 0.4) is 0 Å². The molecule has 3 aliphatic heterocycles. The molecule has 3 aromatic rings. The first-order valence-corrected chi connectivity index (χ1v) is 11.6. The number of carbonyl (C=O) groups is 2. The monoisotopic (exact) mass is 465 g/mol. The van der Waals surface area contributed by atoms with Crippen LogP contribution >= 0.6 is 0 Å². The molecule has 2 atom stereocenters. The van der Waals surface area contributed by atoms with E-state index in [1.807, 2.05) is 15.5 Å². The Hall–Kier alpha value is -3.60. The molecule has 2 fully saturated rings. The second kappa shape index (κ2) is 9.34. The van der Waals surface area contributed by atoms with E-state index in [0.29, 0.717) is 31.0 Å². The van der Waals surface area contributed by atoms with E-state index >= 15 is 0 Å². The van der Waals surface area contributed by atoms with Crippen molar-refractivity contribution in [1.29, 1.82) is 0 Å². The average Bonchev–Trinajstić information content (AvgIpc) is 3.53. The summed E-state index contributed by atoms with van der Waals surface area (Å²) in [7, 11) is 0. The zero-order chi connectivity index (χ0) is 23.7. The number of nitrogens with zero attached hydrogens (tertiary/aromatic N) is 7. The average molecular weight is 466 g/mol. The number of pyridine rings is 2. The molecule has 34 heavy (non-hydrogen) atoms. The number of carboxylic acid groups (broad SMARTS) is 1. The van der Waals surface area contributed by atoms with Crippen LogP contribution in [0.5, 0.6) is 0 Å². The van der Waals surface area contributed by atoms with Gasteiger partial charge >= 0.3 is 0 Å². The van der Waals surface area contributed by atoms with Crippen LogP contribution in [-0.4, -0.2) is 78.1 Å². The summed E-state index contributed by atoms with van der Waals surface area (Å²) in [6.07, 6.45) is 3.46. The van der Waals surface area contributed by atoms with Crippen LogP contribution < -0.4 is 5.56 Å². The van der Waals surface area contributed by atoms with Crippen LogP contribution in [0, 0.1) is 5.92 Å². The van der Waals surface area contributed by atoms with E-state index in [1.165, 1.54) is 17.4 Å². The number of amides is 1. The highest BCUT2D eigenvalue weighted by atomic mass is 16.3. The zero-order valence-corrected chi connectivity index (χ0v) is 18.8. The Balaban J connectivity index is 0.000000764. The number of hydrogen-bond acceptors (Lipinski definition) is 7. The van der Waals surface area contributed by atoms with Gasteiger partial charge in [0, 0.05) is 43.4 Å². The predicted octanol–water partition coefficient (Wildman–Crippen LogP) is 0.842. The summed E-state index contributed by atoms with van der Waals surface area (Å²) in [6, 6.07) is 9.48. The number of carbonyl (C=O) groups excluding carboxylic acids is 1. The van der Waals surface area contributed by atoms with Gasteiger partial charge in [-0.2, -0.15) is 4.52 Å². The maximum Gasteiger partial charge on any atom is 0.290 e. The molecule has 0 aliphatic carbocycles. The molecule has 11 heteroatoms. The first kappa shape index (κ1) is 22.2. The van der Waals surface area contributed by atoms with E-state index < -0.39 is 0 Å². The summed E-state index contributed by atoms with van der Waals surface area (Å²) in [4.78, 5) is 39.2. The molecule has 0 aromatic carbocycles. The van der Waals surface area contributed by atoms with Gasteiger partial charge in [-0.25, -0.2) is 0 Å². The fourth-order valence-corrected chi connectivity index (χ4v) is 5.55. The lowest BCUT2D eigenvalue weighted by molar-refractivity contribution is -0.122. The minimum atomic E-state index is -0.250. The van der Waals surface area contributed by atoms with Gasteiger partial charge in [-0.1, -0.05) is 12.1 Å². The topological polar surface area (TPSA) is 126 Å². The molecule has 6 rings (SSSR count). The number of piperidine rings is 1. The number of fused-ring (bicyclic) bond motifs is 5. The van der Waals surface area contributed by atoms with Crippen LogP contribution in [0.15, 0.2) is 35.1 Å². The third-order valence-electron chi connectivity index (χ3n) is 7.00. The normalized spacial score (nSPS) is 21.6. The van der Waals surface area contributed by atoms with Crippen LogP contribution in [0.25, 0.3) is 5.65 Å². The molecule has 178 valence electrons. The van der Waals surface area contributed by atoms with Gasteiger partial charge in [0.05, 0.1) is 0 Å². The maximum atomic E-state index is 13.3. The minimum Gasteiger partial charge on any atom is -0.483 e. The van der Waals surface area contributed by atoms with Gasteiger partial charge in [-0.15, -0.1) is 5.10 Å². The number of aromatic nitrogens is 5. The van der Waals surface area contributed by atoms with Crippen molar-refractivity contribution in [2.45, 2.75) is 38.3 Å². The fourth-order valence-electron chi connectivity index (χ4n) is 5.55. The van der Waals surface area contributed by atoms with Crippen molar-refractivity contribution in [3.05, 3.63) is 57.6 Å². The lowest BCUT2D eigenvalue weighted by atomic mass is 9.83. The van der Waals surface area contributed by atoms with Crippen molar-refractivity contribution < 1.29 is 14.7 Å². The van der Waals surface area contributed by atoms with E-state index in [-0.39, 0.29) is 29.8 Å². The van der Waals surface area contributed by atoms with Gasteiger partial charge in [-0.05, 0) is 66.9 Å². The molecule has 0 spiro atoms. The lowest BCUT2D eigenvalue weighted by Gasteiger charge is -2.43. The maximum absolute atomic E-state index is 13.3. The van der Waals surface area contributed by atoms with E-state index in [4.69, 9.17) is 9.90 Å². The number of rotatable bonds is 3. The minimum absolute atomic E-state index is 0.0611. The second-order valence-electron chi connectivity index (χ2n) is 9.16. The van der Waals surface area contributed by atoms with Gasteiger partial charge in [0.15, 0.2) is 5.65 Å². The molecule has 3 aliphatic rings. The van der Waals surface area contributed by atoms with Crippen LogP contribution in [-0.2, 0) is 17.9 Å². The molecule has 3 aromatic heterocycles. The summed E-state index contributed by atoms with van der Waals surface area (Å²) in [6.45, 7) is 4.59. The Kier molecular flexibility index (Phi) is 6.10. The van der Waals surface area contributed by atoms with Gasteiger partial charge in [0.1, 0.15) is 5.69 Å². The van der Waals surface area contributed by atoms with Gasteiger partial charge in [-0.3, -0.25) is 19.3 Å². The van der Waals surface area contributed by atoms with Crippen molar-refractivity contribution in [2.75, 3.05) is 26.2 Å². The Labute approximate surface area is 195 Å². The van der Waals surface area contributed by atoms with Gasteiger partial charge in [0.25, 0.3) is 17.9 Å². The zero-order valence-electron chi connectivity index (χ0n) is 18.8. The largest absolute Gasteiger partial charge is 0.483 e. The molecule has 2 bridgehead atoms. The molecule has 11 nitrogen and oxygen atoms in total. The van der Waals surface area contributed by atoms with E-state index in [0.717, 1.165) is 37.3 Å². The Bertz CT molecular complexity index is 1260. The highest BCUT2D eigenvalue weighted by Gasteiger charge is 2.37. The Morgan fingerprint density at radius 2 is 1.91 bits per heavy atom. The highest BCUT2D eigenvalue weighted by Crippen LogP contribution is 2.35. The predicted molar refractivity (Wildman–Crippen MR) is 121 cm³/mol. The molecule has 6 heterocycles. The van der Waals surface area contributed by atoms with Crippen molar-refractivity contribution in [3.63, 3.8) is 0 Å². The molecule has 0 radical (unpaired) electrons. The third kappa shape index (κ3) is 4.07. The lowest BCUT2D eigenvalue weighted by Crippen LogP contribution is -2.49. The van der Waals surface area contributed by atoms with Crippen molar-refractivity contribution in [2.24, 2.45) is 5.92 Å². The third-order valence-corrected chi connectivity index (χ3v) is 7.00. The van der Waals surface area contributed by atoms with Crippen molar-refractivity contribution in [3.8, 4) is 0 Å². The molecular weight excluding hydrogens is 438 g/mol. The molecule has 1 amide bonds. The standard InChI is InChI=1S/C22H25N7O2.CH2O2/c30-21-16(13-26-8-1-2-9-26)6-7-18-17-10-15(12-28(18)21)11-27(14-17)22(31)19-4-3-5-20-23-24-25-29(19)20;2-1-3/h3-7,15,17H,1-2,8-14H2;1H,(H,2,3)/t15-,17+;/m0./s1. The molecule has 1 N–H and O–H groups in total. The summed E-state index contributed by atoms with van der Waals surface area (Å²) in [5.74, 6) is 0.398. The molecule has 0 saturated carbocycles. The van der Waals surface area contributed by atoms with Gasteiger partial charge < -0.3 is 14.6 Å². The quantitative estimate of drug-likeness (QED) is 0.564. The second-order valence-corrected chi connectivity index (χ2v) is 9.16. The first-order chi connectivity index (χ1) is 16.6. The summed E-state index contributed by atoms with van der Waals surface area (Å²) in [5, 5.41) is 18.5. The van der Waals surface area contributed by atoms with Crippen LogP contribution in [0.2, 0.25) is 0 Å². The Morgan fingerprint density at radius 3 is 2.71 bits per heavy atom. The Morgan fingerprint density at radius 1 is 1.12 bits per heavy atom. The number of tetrazole rings is 1. The highest BCUT2D eigenvalue weighted by molar-refractivity contribution is 5.93. The molecule has 2 saturated heterocycles. The molecule has 0 unspecified atom stereocenters. The molecular formula is C23H27N7O4. The van der Waals surface area contributed by atoms with Crippen LogP contribution in [0.1, 0.15) is 46.9 Å². The van der Waals surface area contributed by atoms with Gasteiger partial charge in [0.2, 0.25) is 0 Å². The first-order valence-electron chi connectivity index (χ1n) is 11.6. The van der Waals surface area contributed by atoms with E-state index in [2.05, 4.69) is 26.5 Å². The summed E-state index contributed by atoms with van der Waals surface area (Å²) >= 11 is 0. The fraction of sp³-hybridized carbons (Fsp3) is 0.478. The smallest absolute Gasteiger partial charge is 0.290 e. The van der Waals surface area contributed by atoms with Crippen molar-refractivity contribution >= 4 is 18.0 Å². The summed E-state index contributed by atoms with van der Waals surface area (Å²) < 4.78 is 3.48.